The molecule has 0 bridgehead atoms. The Morgan fingerprint density at radius 1 is 0.889 bits per heavy atom. The normalized spacial score (nSPS) is 14.5. The molecule has 1 amide bonds. The van der Waals surface area contributed by atoms with Gasteiger partial charge in [0.25, 0.3) is 15.9 Å². The van der Waals surface area contributed by atoms with Crippen molar-refractivity contribution >= 4 is 43.2 Å². The van der Waals surface area contributed by atoms with Crippen molar-refractivity contribution in [2.24, 2.45) is 0 Å². The molecular weight excluding hydrogens is 494 g/mol. The molecule has 4 aromatic rings. The van der Waals surface area contributed by atoms with Crippen LogP contribution in [0, 0.1) is 0 Å². The summed E-state index contributed by atoms with van der Waals surface area (Å²) >= 11 is 1.02. The summed E-state index contributed by atoms with van der Waals surface area (Å²) < 4.78 is 31.5. The van der Waals surface area contributed by atoms with Gasteiger partial charge in [0, 0.05) is 13.1 Å². The van der Waals surface area contributed by atoms with Crippen LogP contribution in [-0.4, -0.2) is 36.9 Å². The molecule has 5 rings (SSSR count). The number of para-hydroxylation sites is 1. The van der Waals surface area contributed by atoms with Crippen molar-refractivity contribution in [3.63, 3.8) is 0 Å². The summed E-state index contributed by atoms with van der Waals surface area (Å²) in [5, 5.41) is 0. The molecule has 186 valence electrons. The van der Waals surface area contributed by atoms with Gasteiger partial charge in [0.15, 0.2) is 0 Å². The summed E-state index contributed by atoms with van der Waals surface area (Å²) in [4.78, 5) is 27.6. The Morgan fingerprint density at radius 3 is 2.33 bits per heavy atom. The minimum atomic E-state index is -3.99. The van der Waals surface area contributed by atoms with E-state index in [9.17, 15) is 18.0 Å². The highest BCUT2D eigenvalue weighted by Crippen LogP contribution is 2.26. The average molecular weight is 522 g/mol. The number of amides is 1. The molecule has 0 aliphatic carbocycles. The molecule has 9 heteroatoms. The Labute approximate surface area is 214 Å². The van der Waals surface area contributed by atoms with Crippen molar-refractivity contribution in [1.82, 2.24) is 9.47 Å². The van der Waals surface area contributed by atoms with Gasteiger partial charge in [-0.15, -0.1) is 0 Å². The van der Waals surface area contributed by atoms with Gasteiger partial charge in [0.2, 0.25) is 0 Å². The van der Waals surface area contributed by atoms with Gasteiger partial charge in [-0.2, -0.15) is 0 Å². The van der Waals surface area contributed by atoms with Crippen molar-refractivity contribution in [2.75, 3.05) is 17.8 Å². The Bertz CT molecular complexity index is 1550. The third-order valence-corrected chi connectivity index (χ3v) is 8.73. The topological polar surface area (TPSA) is 88.5 Å². The number of anilines is 1. The molecule has 0 atom stereocenters. The Balaban J connectivity index is 1.43. The monoisotopic (exact) mass is 521 g/mol. The number of nitrogens with one attached hydrogen (secondary N) is 1. The second kappa shape index (κ2) is 10.3. The van der Waals surface area contributed by atoms with E-state index in [1.807, 2.05) is 30.3 Å². The van der Waals surface area contributed by atoms with E-state index >= 15 is 0 Å². The second-order valence-corrected chi connectivity index (χ2v) is 11.6. The average Bonchev–Trinajstić information content (AvgIpc) is 3.04. The molecule has 3 aromatic carbocycles. The number of nitrogens with zero attached hydrogens (tertiary/aromatic N) is 2. The first-order valence-corrected chi connectivity index (χ1v) is 14.3. The second-order valence-electron chi connectivity index (χ2n) is 8.93. The third-order valence-electron chi connectivity index (χ3n) is 6.43. The number of carbonyl (C=O) groups excluding carboxylic acids is 1. The maximum Gasteiger partial charge on any atom is 0.308 e. The van der Waals surface area contributed by atoms with E-state index in [-0.39, 0.29) is 21.4 Å². The summed E-state index contributed by atoms with van der Waals surface area (Å²) in [6.45, 7) is 1.76. The van der Waals surface area contributed by atoms with Crippen molar-refractivity contribution in [1.29, 1.82) is 0 Å². The largest absolute Gasteiger partial charge is 0.339 e. The van der Waals surface area contributed by atoms with Gasteiger partial charge in [-0.3, -0.25) is 18.9 Å². The van der Waals surface area contributed by atoms with Crippen LogP contribution in [0.3, 0.4) is 0 Å². The molecule has 1 fully saturated rings. The van der Waals surface area contributed by atoms with Crippen LogP contribution in [0.2, 0.25) is 0 Å². The Hall–Kier alpha value is -3.43. The number of hydrogen-bond donors (Lipinski definition) is 1. The lowest BCUT2D eigenvalue weighted by atomic mass is 10.1. The van der Waals surface area contributed by atoms with Gasteiger partial charge in [0.1, 0.15) is 0 Å². The molecule has 1 aromatic heterocycles. The van der Waals surface area contributed by atoms with Gasteiger partial charge in [-0.25, -0.2) is 8.42 Å². The van der Waals surface area contributed by atoms with Gasteiger partial charge in [-0.05, 0) is 48.7 Å². The van der Waals surface area contributed by atoms with Crippen LogP contribution in [0.5, 0.6) is 0 Å². The number of thiazole rings is 1. The minimum absolute atomic E-state index is 0.0418. The quantitative estimate of drug-likeness (QED) is 0.390. The zero-order valence-electron chi connectivity index (χ0n) is 19.7. The molecule has 1 saturated heterocycles. The summed E-state index contributed by atoms with van der Waals surface area (Å²) in [5.41, 5.74) is 2.26. The molecule has 1 aliphatic heterocycles. The lowest BCUT2D eigenvalue weighted by Crippen LogP contribution is -2.32. The lowest BCUT2D eigenvalue weighted by molar-refractivity contribution is 0.0762. The number of likely N-dealkylation sites (tertiary alicyclic amines) is 1. The van der Waals surface area contributed by atoms with Gasteiger partial charge < -0.3 is 4.90 Å². The fourth-order valence-corrected chi connectivity index (χ4v) is 6.65. The fourth-order valence-electron chi connectivity index (χ4n) is 4.54. The van der Waals surface area contributed by atoms with Crippen LogP contribution in [0.15, 0.2) is 82.5 Å². The van der Waals surface area contributed by atoms with E-state index in [1.165, 1.54) is 12.1 Å². The van der Waals surface area contributed by atoms with Gasteiger partial charge >= 0.3 is 4.87 Å². The molecule has 0 spiro atoms. The predicted octanol–water partition coefficient (Wildman–Crippen LogP) is 4.93. The molecule has 0 unspecified atom stereocenters. The number of fused-ring (bicyclic) bond motifs is 1. The minimum Gasteiger partial charge on any atom is -0.339 e. The van der Waals surface area contributed by atoms with E-state index in [1.54, 1.807) is 39.8 Å². The molecular formula is C27H27N3O4S2. The number of sulfonamides is 1. The maximum absolute atomic E-state index is 13.3. The van der Waals surface area contributed by atoms with E-state index in [0.717, 1.165) is 42.6 Å². The Morgan fingerprint density at radius 2 is 1.58 bits per heavy atom. The Kier molecular flexibility index (Phi) is 6.93. The van der Waals surface area contributed by atoms with E-state index < -0.39 is 10.0 Å². The van der Waals surface area contributed by atoms with Crippen molar-refractivity contribution < 1.29 is 13.2 Å². The number of aromatic nitrogens is 1. The predicted molar refractivity (Wildman–Crippen MR) is 143 cm³/mol. The molecule has 1 aliphatic rings. The first kappa shape index (κ1) is 24.3. The molecule has 1 N–H and O–H groups in total. The SMILES string of the molecule is O=C(c1ccccc1NS(=O)(=O)c1ccc2c(c1)sc(=O)n2Cc1ccccc1)N1CCCCCC1. The van der Waals surface area contributed by atoms with Crippen molar-refractivity contribution in [3.8, 4) is 0 Å². The summed E-state index contributed by atoms with van der Waals surface area (Å²) in [6.07, 6.45) is 4.10. The summed E-state index contributed by atoms with van der Waals surface area (Å²) in [6, 6.07) is 21.0. The van der Waals surface area contributed by atoms with Gasteiger partial charge in [-0.1, -0.05) is 66.6 Å². The third kappa shape index (κ3) is 5.08. The first-order chi connectivity index (χ1) is 17.4. The highest BCUT2D eigenvalue weighted by atomic mass is 32.2. The fraction of sp³-hybridized carbons (Fsp3) is 0.259. The smallest absolute Gasteiger partial charge is 0.308 e. The molecule has 2 heterocycles. The highest BCUT2D eigenvalue weighted by molar-refractivity contribution is 7.92. The van der Waals surface area contributed by atoms with Crippen LogP contribution in [0.25, 0.3) is 10.2 Å². The zero-order valence-corrected chi connectivity index (χ0v) is 21.4. The molecule has 7 nitrogen and oxygen atoms in total. The van der Waals surface area contributed by atoms with Gasteiger partial charge in [0.05, 0.1) is 32.9 Å². The number of rotatable bonds is 6. The standard InChI is InChI=1S/C27H27N3O4S2/c31-26(29-16-8-1-2-9-17-29)22-12-6-7-13-23(22)28-36(33,34)21-14-15-24-25(18-21)35-27(32)30(24)19-20-10-4-3-5-11-20/h3-7,10-15,18,28H,1-2,8-9,16-17,19H2. The van der Waals surface area contributed by atoms with Crippen LogP contribution in [0.1, 0.15) is 41.6 Å². The van der Waals surface area contributed by atoms with Crippen LogP contribution >= 0.6 is 11.3 Å². The van der Waals surface area contributed by atoms with E-state index in [4.69, 9.17) is 0 Å². The molecule has 0 radical (unpaired) electrons. The number of benzene rings is 3. The van der Waals surface area contributed by atoms with E-state index in [2.05, 4.69) is 4.72 Å². The number of hydrogen-bond acceptors (Lipinski definition) is 5. The van der Waals surface area contributed by atoms with Crippen LogP contribution < -0.4 is 9.60 Å². The molecule has 0 saturated carbocycles. The number of carbonyl (C=O) groups is 1. The van der Waals surface area contributed by atoms with Crippen molar-refractivity contribution in [2.45, 2.75) is 37.1 Å². The van der Waals surface area contributed by atoms with Crippen LogP contribution in [-0.2, 0) is 16.6 Å². The summed E-state index contributed by atoms with van der Waals surface area (Å²) in [5.74, 6) is -0.165. The highest BCUT2D eigenvalue weighted by Gasteiger charge is 2.23. The van der Waals surface area contributed by atoms with E-state index in [0.29, 0.717) is 35.4 Å². The first-order valence-electron chi connectivity index (χ1n) is 12.0. The summed E-state index contributed by atoms with van der Waals surface area (Å²) in [7, 11) is -3.99. The lowest BCUT2D eigenvalue weighted by Gasteiger charge is -2.22. The van der Waals surface area contributed by atoms with Crippen LogP contribution in [0.4, 0.5) is 5.69 Å². The maximum atomic E-state index is 13.3. The molecule has 36 heavy (non-hydrogen) atoms. The zero-order chi connectivity index (χ0) is 25.1. The van der Waals surface area contributed by atoms with Crippen molar-refractivity contribution in [3.05, 3.63) is 93.6 Å².